The van der Waals surface area contributed by atoms with Crippen molar-refractivity contribution in [2.75, 3.05) is 40.3 Å². The minimum absolute atomic E-state index is 0.178. The molecule has 2 fully saturated rings. The van der Waals surface area contributed by atoms with Crippen LogP contribution in [0.25, 0.3) is 0 Å². The van der Waals surface area contributed by atoms with Crippen LogP contribution in [0, 0.1) is 5.92 Å². The lowest BCUT2D eigenvalue weighted by atomic mass is 10.1. The van der Waals surface area contributed by atoms with Crippen molar-refractivity contribution < 1.29 is 13.2 Å². The molecule has 1 heterocycles. The number of amides is 1. The van der Waals surface area contributed by atoms with E-state index in [1.54, 1.807) is 0 Å². The number of piperazine rings is 1. The van der Waals surface area contributed by atoms with Gasteiger partial charge in [0.1, 0.15) is 0 Å². The van der Waals surface area contributed by atoms with Crippen molar-refractivity contribution in [1.29, 1.82) is 0 Å². The van der Waals surface area contributed by atoms with E-state index >= 15 is 0 Å². The molecule has 0 atom stereocenters. The smallest absolute Gasteiger partial charge is 0.281 e. The maximum atomic E-state index is 12.2. The monoisotopic (exact) mass is 289 g/mol. The van der Waals surface area contributed by atoms with Crippen molar-refractivity contribution in [3.05, 3.63) is 0 Å². The lowest BCUT2D eigenvalue weighted by Gasteiger charge is -2.36. The summed E-state index contributed by atoms with van der Waals surface area (Å²) < 4.78 is 26.6. The van der Waals surface area contributed by atoms with Crippen LogP contribution in [0.15, 0.2) is 0 Å². The molecule has 2 aliphatic rings. The van der Waals surface area contributed by atoms with Crippen LogP contribution in [0.5, 0.6) is 0 Å². The molecule has 7 heteroatoms. The van der Waals surface area contributed by atoms with Gasteiger partial charge in [-0.2, -0.15) is 17.0 Å². The van der Waals surface area contributed by atoms with Gasteiger partial charge in [-0.15, -0.1) is 0 Å². The standard InChI is InChI=1S/C12H23N3O3S/c1-13(2)19(17,18)15-9-7-14(8-10-15)12(16)11-5-3-4-6-11/h11H,3-10H2,1-2H3. The zero-order chi connectivity index (χ0) is 14.0. The molecule has 0 spiro atoms. The van der Waals surface area contributed by atoms with Crippen LogP contribution in [0.3, 0.4) is 0 Å². The second kappa shape index (κ2) is 5.76. The Balaban J connectivity index is 1.90. The van der Waals surface area contributed by atoms with Crippen LogP contribution in [-0.4, -0.2) is 68.1 Å². The minimum atomic E-state index is -3.34. The van der Waals surface area contributed by atoms with Gasteiger partial charge in [-0.25, -0.2) is 0 Å². The highest BCUT2D eigenvalue weighted by Gasteiger charge is 2.33. The van der Waals surface area contributed by atoms with Crippen LogP contribution >= 0.6 is 0 Å². The summed E-state index contributed by atoms with van der Waals surface area (Å²) in [6, 6.07) is 0. The molecule has 0 N–H and O–H groups in total. The van der Waals surface area contributed by atoms with Gasteiger partial charge in [0.2, 0.25) is 5.91 Å². The summed E-state index contributed by atoms with van der Waals surface area (Å²) in [7, 11) is -0.273. The van der Waals surface area contributed by atoms with Gasteiger partial charge in [-0.1, -0.05) is 12.8 Å². The summed E-state index contributed by atoms with van der Waals surface area (Å²) in [4.78, 5) is 14.1. The Morgan fingerprint density at radius 3 is 2.05 bits per heavy atom. The first-order valence-electron chi connectivity index (χ1n) is 6.89. The largest absolute Gasteiger partial charge is 0.340 e. The molecular weight excluding hydrogens is 266 g/mol. The van der Waals surface area contributed by atoms with Crippen LogP contribution in [0.1, 0.15) is 25.7 Å². The average molecular weight is 289 g/mol. The van der Waals surface area contributed by atoms with Gasteiger partial charge in [0.25, 0.3) is 10.2 Å². The summed E-state index contributed by atoms with van der Waals surface area (Å²) in [6.07, 6.45) is 4.28. The fourth-order valence-electron chi connectivity index (χ4n) is 2.80. The Kier molecular flexibility index (Phi) is 4.47. The Morgan fingerprint density at radius 1 is 1.05 bits per heavy atom. The van der Waals surface area contributed by atoms with Crippen molar-refractivity contribution in [1.82, 2.24) is 13.5 Å². The fraction of sp³-hybridized carbons (Fsp3) is 0.917. The van der Waals surface area contributed by atoms with E-state index in [1.165, 1.54) is 22.7 Å². The predicted molar refractivity (Wildman–Crippen MR) is 72.7 cm³/mol. The quantitative estimate of drug-likeness (QED) is 0.742. The summed E-state index contributed by atoms with van der Waals surface area (Å²) in [5.41, 5.74) is 0. The lowest BCUT2D eigenvalue weighted by molar-refractivity contribution is -0.136. The van der Waals surface area contributed by atoms with E-state index in [2.05, 4.69) is 0 Å². The lowest BCUT2D eigenvalue weighted by Crippen LogP contribution is -2.53. The molecule has 0 aromatic carbocycles. The third kappa shape index (κ3) is 3.09. The number of hydrogen-bond acceptors (Lipinski definition) is 3. The number of hydrogen-bond donors (Lipinski definition) is 0. The summed E-state index contributed by atoms with van der Waals surface area (Å²) in [5.74, 6) is 0.399. The SMILES string of the molecule is CN(C)S(=O)(=O)N1CCN(C(=O)C2CCCC2)CC1. The second-order valence-corrected chi connectivity index (χ2v) is 7.64. The third-order valence-electron chi connectivity index (χ3n) is 4.04. The maximum Gasteiger partial charge on any atom is 0.281 e. The molecule has 1 saturated heterocycles. The second-order valence-electron chi connectivity index (χ2n) is 5.50. The van der Waals surface area contributed by atoms with Gasteiger partial charge < -0.3 is 4.90 Å². The fourth-order valence-corrected chi connectivity index (χ4v) is 3.89. The van der Waals surface area contributed by atoms with Gasteiger partial charge in [0.15, 0.2) is 0 Å². The molecule has 1 saturated carbocycles. The third-order valence-corrected chi connectivity index (χ3v) is 5.98. The molecule has 1 amide bonds. The highest BCUT2D eigenvalue weighted by atomic mass is 32.2. The molecular formula is C12H23N3O3S. The van der Waals surface area contributed by atoms with E-state index in [0.717, 1.165) is 25.7 Å². The van der Waals surface area contributed by atoms with Gasteiger partial charge in [-0.05, 0) is 12.8 Å². The molecule has 1 aliphatic heterocycles. The van der Waals surface area contributed by atoms with Crippen LogP contribution in [0.2, 0.25) is 0 Å². The number of rotatable bonds is 3. The predicted octanol–water partition coefficient (Wildman–Crippen LogP) is 0.127. The highest BCUT2D eigenvalue weighted by molar-refractivity contribution is 7.86. The van der Waals surface area contributed by atoms with Crippen molar-refractivity contribution in [3.8, 4) is 0 Å². The zero-order valence-corrected chi connectivity index (χ0v) is 12.5. The van der Waals surface area contributed by atoms with Gasteiger partial charge in [0, 0.05) is 46.2 Å². The molecule has 2 rings (SSSR count). The highest BCUT2D eigenvalue weighted by Crippen LogP contribution is 2.27. The van der Waals surface area contributed by atoms with E-state index < -0.39 is 10.2 Å². The molecule has 6 nitrogen and oxygen atoms in total. The van der Waals surface area contributed by atoms with E-state index in [4.69, 9.17) is 0 Å². The summed E-state index contributed by atoms with van der Waals surface area (Å²) >= 11 is 0. The Morgan fingerprint density at radius 2 is 1.58 bits per heavy atom. The van der Waals surface area contributed by atoms with Crippen molar-refractivity contribution in [3.63, 3.8) is 0 Å². The van der Waals surface area contributed by atoms with E-state index in [9.17, 15) is 13.2 Å². The molecule has 19 heavy (non-hydrogen) atoms. The Bertz CT molecular complexity index is 422. The van der Waals surface area contributed by atoms with Crippen molar-refractivity contribution >= 4 is 16.1 Å². The first-order valence-corrected chi connectivity index (χ1v) is 8.29. The summed E-state index contributed by atoms with van der Waals surface area (Å²) in [5, 5.41) is 0. The number of carbonyl (C=O) groups excluding carboxylic acids is 1. The summed E-state index contributed by atoms with van der Waals surface area (Å²) in [6.45, 7) is 1.84. The first kappa shape index (κ1) is 14.7. The maximum absolute atomic E-state index is 12.2. The zero-order valence-electron chi connectivity index (χ0n) is 11.7. The van der Waals surface area contributed by atoms with Crippen LogP contribution < -0.4 is 0 Å². The molecule has 0 aromatic heterocycles. The van der Waals surface area contributed by atoms with Crippen LogP contribution in [-0.2, 0) is 15.0 Å². The normalized spacial score (nSPS) is 23.2. The molecule has 1 aliphatic carbocycles. The molecule has 0 unspecified atom stereocenters. The van der Waals surface area contributed by atoms with Crippen LogP contribution in [0.4, 0.5) is 0 Å². The van der Waals surface area contributed by atoms with Gasteiger partial charge in [0.05, 0.1) is 0 Å². The first-order chi connectivity index (χ1) is 8.93. The van der Waals surface area contributed by atoms with E-state index in [0.29, 0.717) is 26.2 Å². The van der Waals surface area contributed by atoms with E-state index in [-0.39, 0.29) is 11.8 Å². The number of carbonyl (C=O) groups is 1. The van der Waals surface area contributed by atoms with Gasteiger partial charge >= 0.3 is 0 Å². The molecule has 110 valence electrons. The topological polar surface area (TPSA) is 60.9 Å². The Labute approximate surface area is 115 Å². The molecule has 0 aromatic rings. The minimum Gasteiger partial charge on any atom is -0.340 e. The Hall–Kier alpha value is -0.660. The molecule has 0 bridgehead atoms. The van der Waals surface area contributed by atoms with Crippen molar-refractivity contribution in [2.45, 2.75) is 25.7 Å². The average Bonchev–Trinajstić information content (AvgIpc) is 2.91. The molecule has 0 radical (unpaired) electrons. The number of nitrogens with zero attached hydrogens (tertiary/aromatic N) is 3. The van der Waals surface area contributed by atoms with Crippen molar-refractivity contribution in [2.24, 2.45) is 5.92 Å². The van der Waals surface area contributed by atoms with Gasteiger partial charge in [-0.3, -0.25) is 4.79 Å². The van der Waals surface area contributed by atoms with E-state index in [1.807, 2.05) is 4.90 Å².